The third-order valence-corrected chi connectivity index (χ3v) is 5.82. The minimum Gasteiger partial charge on any atom is -0.323 e. The first-order valence-corrected chi connectivity index (χ1v) is 9.17. The number of non-ortho nitro benzene ring substituents is 1. The first-order chi connectivity index (χ1) is 11.2. The minimum absolute atomic E-state index is 0. The van der Waals surface area contributed by atoms with Crippen molar-refractivity contribution in [2.24, 2.45) is 5.73 Å². The van der Waals surface area contributed by atoms with E-state index in [-0.39, 0.29) is 29.5 Å². The molecule has 0 aliphatic heterocycles. The van der Waals surface area contributed by atoms with Crippen molar-refractivity contribution >= 4 is 44.0 Å². The van der Waals surface area contributed by atoms with Gasteiger partial charge in [0, 0.05) is 36.2 Å². The molecule has 0 aliphatic carbocycles. The fourth-order valence-corrected chi connectivity index (χ4v) is 3.75. The van der Waals surface area contributed by atoms with Crippen LogP contribution in [0.4, 0.5) is 5.69 Å². The highest BCUT2D eigenvalue weighted by Crippen LogP contribution is 2.22. The van der Waals surface area contributed by atoms with E-state index in [2.05, 4.69) is 15.9 Å². The van der Waals surface area contributed by atoms with Gasteiger partial charge in [-0.15, -0.1) is 12.4 Å². The van der Waals surface area contributed by atoms with E-state index in [1.807, 2.05) is 24.3 Å². The molecule has 0 aliphatic rings. The topological polar surface area (TPSA) is 107 Å². The van der Waals surface area contributed by atoms with Gasteiger partial charge in [0.15, 0.2) is 0 Å². The van der Waals surface area contributed by atoms with Crippen LogP contribution in [0.25, 0.3) is 0 Å². The zero-order chi connectivity index (χ0) is 17.9. The highest BCUT2D eigenvalue weighted by atomic mass is 79.9. The maximum Gasteiger partial charge on any atom is 0.269 e. The average molecular weight is 451 g/mol. The van der Waals surface area contributed by atoms with Gasteiger partial charge in [-0.25, -0.2) is 8.42 Å². The molecule has 25 heavy (non-hydrogen) atoms. The third kappa shape index (κ3) is 5.23. The SMILES string of the molecule is CN(C[C@@H](N)c1cccc(Br)c1)S(=O)(=O)c1ccc([N+](=O)[O-])cc1.Cl. The molecule has 0 saturated carbocycles. The summed E-state index contributed by atoms with van der Waals surface area (Å²) < 4.78 is 27.1. The molecule has 2 N–H and O–H groups in total. The highest BCUT2D eigenvalue weighted by Gasteiger charge is 2.24. The van der Waals surface area contributed by atoms with Gasteiger partial charge in [0.05, 0.1) is 9.82 Å². The fourth-order valence-electron chi connectivity index (χ4n) is 2.14. The van der Waals surface area contributed by atoms with E-state index < -0.39 is 21.0 Å². The molecule has 0 unspecified atom stereocenters. The van der Waals surface area contributed by atoms with E-state index >= 15 is 0 Å². The van der Waals surface area contributed by atoms with Crippen LogP contribution in [-0.2, 0) is 10.0 Å². The first kappa shape index (κ1) is 21.5. The molecule has 1 atom stereocenters. The average Bonchev–Trinajstić information content (AvgIpc) is 2.54. The molecule has 0 spiro atoms. The molecule has 2 aromatic rings. The molecule has 2 rings (SSSR count). The summed E-state index contributed by atoms with van der Waals surface area (Å²) in [6.45, 7) is 0.0791. The molecular weight excluding hydrogens is 434 g/mol. The Kier molecular flexibility index (Phi) is 7.51. The van der Waals surface area contributed by atoms with Crippen LogP contribution in [-0.4, -0.2) is 31.2 Å². The Hall–Kier alpha value is -1.52. The van der Waals surface area contributed by atoms with E-state index in [4.69, 9.17) is 5.73 Å². The number of benzene rings is 2. The van der Waals surface area contributed by atoms with Gasteiger partial charge in [0.1, 0.15) is 0 Å². The lowest BCUT2D eigenvalue weighted by Gasteiger charge is -2.21. The molecule has 0 heterocycles. The van der Waals surface area contributed by atoms with Gasteiger partial charge < -0.3 is 5.73 Å². The molecular formula is C15H17BrClN3O4S. The smallest absolute Gasteiger partial charge is 0.269 e. The highest BCUT2D eigenvalue weighted by molar-refractivity contribution is 9.10. The number of nitrogens with two attached hydrogens (primary N) is 1. The minimum atomic E-state index is -3.78. The van der Waals surface area contributed by atoms with Crippen LogP contribution in [0.5, 0.6) is 0 Å². The van der Waals surface area contributed by atoms with Crippen molar-refractivity contribution in [1.29, 1.82) is 0 Å². The van der Waals surface area contributed by atoms with Crippen LogP contribution in [0.15, 0.2) is 57.9 Å². The van der Waals surface area contributed by atoms with Crippen molar-refractivity contribution in [1.82, 2.24) is 4.31 Å². The van der Waals surface area contributed by atoms with Crippen LogP contribution in [0.1, 0.15) is 11.6 Å². The largest absolute Gasteiger partial charge is 0.323 e. The maximum absolute atomic E-state index is 12.5. The molecule has 0 fully saturated rings. The number of nitro groups is 1. The second kappa shape index (κ2) is 8.72. The lowest BCUT2D eigenvalue weighted by Crippen LogP contribution is -2.34. The molecule has 0 aromatic heterocycles. The normalized spacial score (nSPS) is 12.5. The summed E-state index contributed by atoms with van der Waals surface area (Å²) in [5, 5.41) is 10.7. The second-order valence-corrected chi connectivity index (χ2v) is 8.16. The van der Waals surface area contributed by atoms with E-state index in [1.165, 1.54) is 19.2 Å². The standard InChI is InChI=1S/C15H16BrN3O4S.ClH/c1-18(10-15(17)11-3-2-4-12(16)9-11)24(22,23)14-7-5-13(6-8-14)19(20)21;/h2-9,15H,10,17H2,1H3;1H/t15-;/m1./s1. The molecule has 0 radical (unpaired) electrons. The summed E-state index contributed by atoms with van der Waals surface area (Å²) in [5.74, 6) is 0. The quantitative estimate of drug-likeness (QED) is 0.537. The van der Waals surface area contributed by atoms with Gasteiger partial charge >= 0.3 is 0 Å². The molecule has 0 saturated heterocycles. The number of nitro benzene ring substituents is 1. The number of rotatable bonds is 6. The number of hydrogen-bond donors (Lipinski definition) is 1. The van der Waals surface area contributed by atoms with Gasteiger partial charge in [0.25, 0.3) is 5.69 Å². The Labute approximate surface area is 160 Å². The van der Waals surface area contributed by atoms with E-state index in [0.717, 1.165) is 26.5 Å². The summed E-state index contributed by atoms with van der Waals surface area (Å²) in [4.78, 5) is 10.1. The summed E-state index contributed by atoms with van der Waals surface area (Å²) in [7, 11) is -2.35. The summed E-state index contributed by atoms with van der Waals surface area (Å²) in [6.07, 6.45) is 0. The number of nitrogens with zero attached hydrogens (tertiary/aromatic N) is 2. The first-order valence-electron chi connectivity index (χ1n) is 6.93. The molecule has 7 nitrogen and oxygen atoms in total. The molecule has 2 aromatic carbocycles. The number of likely N-dealkylation sites (N-methyl/N-ethyl adjacent to an activating group) is 1. The Bertz CT molecular complexity index is 846. The van der Waals surface area contributed by atoms with Gasteiger partial charge in [-0.05, 0) is 29.8 Å². The molecule has 0 bridgehead atoms. The van der Waals surface area contributed by atoms with Crippen molar-refractivity contribution in [2.45, 2.75) is 10.9 Å². The zero-order valence-electron chi connectivity index (χ0n) is 13.2. The van der Waals surface area contributed by atoms with Crippen LogP contribution < -0.4 is 5.73 Å². The van der Waals surface area contributed by atoms with E-state index in [9.17, 15) is 18.5 Å². The van der Waals surface area contributed by atoms with Gasteiger partial charge in [0.2, 0.25) is 10.0 Å². The third-order valence-electron chi connectivity index (χ3n) is 3.49. The maximum atomic E-state index is 12.5. The number of halogens is 2. The monoisotopic (exact) mass is 449 g/mol. The zero-order valence-corrected chi connectivity index (χ0v) is 16.4. The van der Waals surface area contributed by atoms with Crippen molar-refractivity contribution in [3.8, 4) is 0 Å². The predicted octanol–water partition coefficient (Wildman–Crippen LogP) is 3.10. The molecule has 10 heteroatoms. The number of sulfonamides is 1. The Morgan fingerprint density at radius 3 is 2.36 bits per heavy atom. The fraction of sp³-hybridized carbons (Fsp3) is 0.200. The Morgan fingerprint density at radius 1 is 1.24 bits per heavy atom. The summed E-state index contributed by atoms with van der Waals surface area (Å²) in [5.41, 5.74) is 6.72. The van der Waals surface area contributed by atoms with Crippen molar-refractivity contribution < 1.29 is 13.3 Å². The van der Waals surface area contributed by atoms with Crippen molar-refractivity contribution in [3.05, 3.63) is 68.7 Å². The predicted molar refractivity (Wildman–Crippen MR) is 101 cm³/mol. The lowest BCUT2D eigenvalue weighted by atomic mass is 10.1. The van der Waals surface area contributed by atoms with Crippen LogP contribution in [0, 0.1) is 10.1 Å². The molecule has 136 valence electrons. The summed E-state index contributed by atoms with van der Waals surface area (Å²) in [6, 6.07) is 11.6. The van der Waals surface area contributed by atoms with Crippen LogP contribution >= 0.6 is 28.3 Å². The van der Waals surface area contributed by atoms with E-state index in [1.54, 1.807) is 0 Å². The second-order valence-electron chi connectivity index (χ2n) is 5.20. The van der Waals surface area contributed by atoms with Gasteiger partial charge in [-0.1, -0.05) is 28.1 Å². The van der Waals surface area contributed by atoms with Gasteiger partial charge in [-0.3, -0.25) is 10.1 Å². The van der Waals surface area contributed by atoms with Gasteiger partial charge in [-0.2, -0.15) is 4.31 Å². The lowest BCUT2D eigenvalue weighted by molar-refractivity contribution is -0.384. The van der Waals surface area contributed by atoms with Crippen molar-refractivity contribution in [3.63, 3.8) is 0 Å². The van der Waals surface area contributed by atoms with Crippen LogP contribution in [0.2, 0.25) is 0 Å². The summed E-state index contributed by atoms with van der Waals surface area (Å²) >= 11 is 3.35. The van der Waals surface area contributed by atoms with Crippen LogP contribution in [0.3, 0.4) is 0 Å². The molecule has 0 amide bonds. The number of hydrogen-bond acceptors (Lipinski definition) is 5. The van der Waals surface area contributed by atoms with Crippen molar-refractivity contribution in [2.75, 3.05) is 13.6 Å². The Balaban J connectivity index is 0.00000312. The van der Waals surface area contributed by atoms with E-state index in [0.29, 0.717) is 0 Å². The Morgan fingerprint density at radius 2 is 1.84 bits per heavy atom.